The van der Waals surface area contributed by atoms with Gasteiger partial charge in [0, 0.05) is 12.1 Å². The Kier molecular flexibility index (Phi) is 1.02. The highest BCUT2D eigenvalue weighted by Gasteiger charge is 2.24. The van der Waals surface area contributed by atoms with E-state index in [0.29, 0.717) is 16.2 Å². The molecule has 1 aromatic heterocycles. The molecule has 1 heterocycles. The van der Waals surface area contributed by atoms with Gasteiger partial charge in [-0.3, -0.25) is 4.98 Å². The van der Waals surface area contributed by atoms with E-state index >= 15 is 0 Å². The Labute approximate surface area is 70.6 Å². The van der Waals surface area contributed by atoms with E-state index < -0.39 is 0 Å². The molecule has 1 aromatic rings. The summed E-state index contributed by atoms with van der Waals surface area (Å²) >= 11 is 3.07. The maximum absolute atomic E-state index is 7.49. The van der Waals surface area contributed by atoms with E-state index in [-0.39, 0.29) is 12.3 Å². The summed E-state index contributed by atoms with van der Waals surface area (Å²) < 4.78 is 15.2. The molecule has 1 aliphatic carbocycles. The van der Waals surface area contributed by atoms with Gasteiger partial charge in [-0.05, 0) is 28.8 Å². The lowest BCUT2D eigenvalue weighted by atomic mass is 10.3. The average molecular weight is 201 g/mol. The summed E-state index contributed by atoms with van der Waals surface area (Å²) in [6.45, 7) is 0. The highest BCUT2D eigenvalue weighted by molar-refractivity contribution is 9.10. The van der Waals surface area contributed by atoms with Gasteiger partial charge in [-0.25, -0.2) is 4.98 Å². The second kappa shape index (κ2) is 2.31. The summed E-state index contributed by atoms with van der Waals surface area (Å²) in [7, 11) is 0. The van der Waals surface area contributed by atoms with Gasteiger partial charge in [0.15, 0.2) is 0 Å². The maximum atomic E-state index is 7.49. The molecule has 2 nitrogen and oxygen atoms in total. The fourth-order valence-electron chi connectivity index (χ4n) is 0.802. The quantitative estimate of drug-likeness (QED) is 0.695. The van der Waals surface area contributed by atoms with Crippen molar-refractivity contribution < 1.29 is 2.74 Å². The van der Waals surface area contributed by atoms with Gasteiger partial charge in [0.2, 0.25) is 0 Å². The van der Waals surface area contributed by atoms with E-state index in [0.717, 1.165) is 12.8 Å². The van der Waals surface area contributed by atoms with Crippen LogP contribution in [0.3, 0.4) is 0 Å². The number of rotatable bonds is 1. The molecule has 0 spiro atoms. The summed E-state index contributed by atoms with van der Waals surface area (Å²) in [5, 5.41) is 0. The highest BCUT2D eigenvalue weighted by atomic mass is 79.9. The molecule has 0 radical (unpaired) electrons. The molecular weight excluding hydrogens is 192 g/mol. The van der Waals surface area contributed by atoms with Crippen LogP contribution in [-0.4, -0.2) is 9.97 Å². The Morgan fingerprint density at radius 2 is 2.30 bits per heavy atom. The van der Waals surface area contributed by atoms with Gasteiger partial charge in [-0.1, -0.05) is 0 Å². The lowest BCUT2D eigenvalue weighted by Gasteiger charge is -1.93. The molecule has 0 atom stereocenters. The third kappa shape index (κ3) is 1.19. The smallest absolute Gasteiger partial charge is 0.124 e. The van der Waals surface area contributed by atoms with Crippen LogP contribution in [0, 0.1) is 0 Å². The van der Waals surface area contributed by atoms with Crippen LogP contribution in [0.4, 0.5) is 0 Å². The van der Waals surface area contributed by atoms with Crippen LogP contribution < -0.4 is 0 Å². The molecule has 1 saturated carbocycles. The second-order valence-electron chi connectivity index (χ2n) is 2.40. The number of hydrogen-bond donors (Lipinski definition) is 0. The van der Waals surface area contributed by atoms with Crippen molar-refractivity contribution in [3.05, 3.63) is 22.6 Å². The molecule has 0 unspecified atom stereocenters. The third-order valence-corrected chi connectivity index (χ3v) is 1.86. The van der Waals surface area contributed by atoms with Crippen molar-refractivity contribution in [1.29, 1.82) is 0 Å². The minimum atomic E-state index is 0.132. The van der Waals surface area contributed by atoms with E-state index in [2.05, 4.69) is 25.9 Å². The number of halogens is 1. The van der Waals surface area contributed by atoms with Crippen molar-refractivity contribution >= 4 is 15.9 Å². The van der Waals surface area contributed by atoms with Crippen molar-refractivity contribution in [2.24, 2.45) is 0 Å². The molecule has 1 aliphatic rings. The Balaban J connectivity index is 2.47. The van der Waals surface area contributed by atoms with Crippen LogP contribution in [0.15, 0.2) is 16.9 Å². The molecule has 0 aromatic carbocycles. The fraction of sp³-hybridized carbons (Fsp3) is 0.429. The monoisotopic (exact) mass is 200 g/mol. The van der Waals surface area contributed by atoms with Gasteiger partial charge in [0.1, 0.15) is 4.60 Å². The first-order valence-corrected chi connectivity index (χ1v) is 3.98. The molecule has 0 amide bonds. The standard InChI is InChI=1S/C7H7BrN2/c8-7-4-9-6(3-10-7)5-1-2-5/h3-5H,1-2H2/i3D,4D. The van der Waals surface area contributed by atoms with Gasteiger partial charge in [0.05, 0.1) is 14.6 Å². The molecule has 2 rings (SSSR count). The number of hydrogen-bond acceptors (Lipinski definition) is 2. The molecule has 52 valence electrons. The van der Waals surface area contributed by atoms with E-state index in [4.69, 9.17) is 2.74 Å². The minimum Gasteiger partial charge on any atom is -0.257 e. The van der Waals surface area contributed by atoms with Crippen LogP contribution in [0.5, 0.6) is 0 Å². The summed E-state index contributed by atoms with van der Waals surface area (Å²) in [5.41, 5.74) is 0.684. The Morgan fingerprint density at radius 1 is 1.50 bits per heavy atom. The molecule has 0 bridgehead atoms. The van der Waals surface area contributed by atoms with Crippen LogP contribution in [0.1, 0.15) is 27.2 Å². The average Bonchev–Trinajstić information content (AvgIpc) is 2.79. The van der Waals surface area contributed by atoms with Crippen molar-refractivity contribution in [3.8, 4) is 0 Å². The van der Waals surface area contributed by atoms with Crippen molar-refractivity contribution in [3.63, 3.8) is 0 Å². The zero-order valence-electron chi connectivity index (χ0n) is 7.26. The lowest BCUT2D eigenvalue weighted by molar-refractivity contribution is 0.977. The predicted molar refractivity (Wildman–Crippen MR) is 41.7 cm³/mol. The van der Waals surface area contributed by atoms with Gasteiger partial charge in [-0.15, -0.1) is 0 Å². The Morgan fingerprint density at radius 3 is 3.00 bits per heavy atom. The molecule has 0 saturated heterocycles. The molecule has 0 N–H and O–H groups in total. The van der Waals surface area contributed by atoms with Crippen molar-refractivity contribution in [2.75, 3.05) is 0 Å². The van der Waals surface area contributed by atoms with Crippen LogP contribution in [0.25, 0.3) is 0 Å². The van der Waals surface area contributed by atoms with Gasteiger partial charge in [0.25, 0.3) is 0 Å². The van der Waals surface area contributed by atoms with E-state index in [1.807, 2.05) is 0 Å². The third-order valence-electron chi connectivity index (χ3n) is 1.50. The number of nitrogens with zero attached hydrogens (tertiary/aromatic N) is 2. The maximum Gasteiger partial charge on any atom is 0.124 e. The van der Waals surface area contributed by atoms with Crippen LogP contribution >= 0.6 is 15.9 Å². The van der Waals surface area contributed by atoms with Crippen molar-refractivity contribution in [1.82, 2.24) is 9.97 Å². The lowest BCUT2D eigenvalue weighted by Crippen LogP contribution is -1.86. The SMILES string of the molecule is [2H]c1nc(C2CC2)c([2H])nc1Br. The van der Waals surface area contributed by atoms with Crippen molar-refractivity contribution in [2.45, 2.75) is 18.8 Å². The van der Waals surface area contributed by atoms with Gasteiger partial charge in [-0.2, -0.15) is 0 Å². The Hall–Kier alpha value is -0.440. The summed E-state index contributed by atoms with van der Waals surface area (Å²) in [5.74, 6) is 0.391. The topological polar surface area (TPSA) is 25.8 Å². The van der Waals surface area contributed by atoms with Crippen LogP contribution in [0.2, 0.25) is 0 Å². The Bertz CT molecular complexity index is 325. The zero-order valence-corrected chi connectivity index (χ0v) is 6.85. The zero-order chi connectivity index (χ0) is 8.72. The molecule has 0 aliphatic heterocycles. The summed E-state index contributed by atoms with van der Waals surface area (Å²) in [6.07, 6.45) is 2.51. The normalized spacial score (nSPS) is 20.1. The van der Waals surface area contributed by atoms with E-state index in [9.17, 15) is 0 Å². The summed E-state index contributed by atoms with van der Waals surface area (Å²) in [6, 6.07) is 0. The first-order valence-electron chi connectivity index (χ1n) is 4.19. The first-order chi connectivity index (χ1) is 5.68. The van der Waals surface area contributed by atoms with E-state index in [1.54, 1.807) is 0 Å². The van der Waals surface area contributed by atoms with Crippen LogP contribution in [-0.2, 0) is 0 Å². The fourth-order valence-corrected chi connectivity index (χ4v) is 0.979. The molecule has 3 heteroatoms. The van der Waals surface area contributed by atoms with Gasteiger partial charge < -0.3 is 0 Å². The second-order valence-corrected chi connectivity index (χ2v) is 3.15. The minimum absolute atomic E-state index is 0.132. The van der Waals surface area contributed by atoms with Gasteiger partial charge >= 0.3 is 0 Å². The molecule has 10 heavy (non-hydrogen) atoms. The summed E-state index contributed by atoms with van der Waals surface area (Å²) in [4.78, 5) is 7.87. The molecular formula is C7H7BrN2. The number of aromatic nitrogens is 2. The highest BCUT2D eigenvalue weighted by Crippen LogP contribution is 2.38. The largest absolute Gasteiger partial charge is 0.257 e. The predicted octanol–water partition coefficient (Wildman–Crippen LogP) is 2.12. The van der Waals surface area contributed by atoms with E-state index in [1.165, 1.54) is 0 Å². The first kappa shape index (κ1) is 4.44. The molecule has 1 fully saturated rings.